The molecule has 0 aliphatic carbocycles. The molecule has 27 heavy (non-hydrogen) atoms. The fourth-order valence-electron chi connectivity index (χ4n) is 2.44. The van der Waals surface area contributed by atoms with Gasteiger partial charge in [-0.25, -0.2) is 9.48 Å². The molecule has 0 atom stereocenters. The van der Waals surface area contributed by atoms with E-state index in [9.17, 15) is 4.79 Å². The molecule has 0 saturated carbocycles. The number of aromatic nitrogens is 2. The van der Waals surface area contributed by atoms with Crippen molar-refractivity contribution in [1.82, 2.24) is 9.78 Å². The molecule has 3 aromatic rings. The van der Waals surface area contributed by atoms with Gasteiger partial charge in [0.2, 0.25) is 5.88 Å². The third kappa shape index (κ3) is 5.28. The minimum Gasteiger partial charge on any atom is -0.478 e. The Morgan fingerprint density at radius 2 is 1.81 bits per heavy atom. The van der Waals surface area contributed by atoms with Crippen LogP contribution >= 0.6 is 0 Å². The minimum absolute atomic E-state index is 0.433. The van der Waals surface area contributed by atoms with Gasteiger partial charge in [-0.3, -0.25) is 0 Å². The zero-order valence-corrected chi connectivity index (χ0v) is 15.2. The largest absolute Gasteiger partial charge is 0.478 e. The highest BCUT2D eigenvalue weighted by Crippen LogP contribution is 2.14. The van der Waals surface area contributed by atoms with Crippen LogP contribution in [0.15, 0.2) is 77.9 Å². The quantitative estimate of drug-likeness (QED) is 0.669. The monoisotopic (exact) mass is 362 g/mol. The van der Waals surface area contributed by atoms with Crippen LogP contribution in [-0.4, -0.2) is 22.4 Å². The summed E-state index contributed by atoms with van der Waals surface area (Å²) in [6, 6.07) is 20.2. The standard InChI is InChI=1S/C21H22N4O2/c1-2-3-14-27-20-15-18(16-22-25(20)19-12-8-5-9-13-19)24-21(26)23-17-10-6-4-7-11-17/h4-13,15-16H,2-3,14H2,1H3,(H,23,26)/b24-18+. The van der Waals surface area contributed by atoms with E-state index >= 15 is 0 Å². The fourth-order valence-corrected chi connectivity index (χ4v) is 2.44. The topological polar surface area (TPSA) is 68.5 Å². The lowest BCUT2D eigenvalue weighted by atomic mass is 10.3. The number of unbranched alkanes of at least 4 members (excludes halogenated alkanes) is 1. The zero-order valence-electron chi connectivity index (χ0n) is 15.2. The lowest BCUT2D eigenvalue weighted by molar-refractivity contribution is 0.259. The second-order valence-corrected chi connectivity index (χ2v) is 5.91. The molecule has 6 nitrogen and oxygen atoms in total. The van der Waals surface area contributed by atoms with Crippen LogP contribution in [0.4, 0.5) is 10.5 Å². The lowest BCUT2D eigenvalue weighted by Gasteiger charge is -2.13. The molecule has 0 bridgehead atoms. The molecular formula is C21H22N4O2. The van der Waals surface area contributed by atoms with E-state index in [4.69, 9.17) is 4.74 Å². The van der Waals surface area contributed by atoms with Crippen molar-refractivity contribution in [2.45, 2.75) is 19.8 Å². The number of rotatable bonds is 6. The van der Waals surface area contributed by atoms with Gasteiger partial charge in [0.25, 0.3) is 0 Å². The van der Waals surface area contributed by atoms with Crippen molar-refractivity contribution >= 4 is 11.7 Å². The summed E-state index contributed by atoms with van der Waals surface area (Å²) in [5.41, 5.74) is 1.57. The molecule has 1 N–H and O–H groups in total. The molecule has 2 amide bonds. The van der Waals surface area contributed by atoms with E-state index in [1.165, 1.54) is 0 Å². The number of amides is 2. The number of carbonyl (C=O) groups is 1. The smallest absolute Gasteiger partial charge is 0.345 e. The SMILES string of the molecule is CCCCOc1c/c(=N\C(=O)Nc2ccccc2)cnn1-c1ccccc1. The third-order valence-electron chi connectivity index (χ3n) is 3.79. The molecule has 3 rings (SSSR count). The second-order valence-electron chi connectivity index (χ2n) is 5.91. The van der Waals surface area contributed by atoms with E-state index in [-0.39, 0.29) is 0 Å². The van der Waals surface area contributed by atoms with Crippen molar-refractivity contribution < 1.29 is 9.53 Å². The van der Waals surface area contributed by atoms with Crippen LogP contribution in [0.25, 0.3) is 5.69 Å². The minimum atomic E-state index is -0.458. The average Bonchev–Trinajstić information content (AvgIpc) is 2.70. The first-order valence-electron chi connectivity index (χ1n) is 8.94. The van der Waals surface area contributed by atoms with Gasteiger partial charge in [0.15, 0.2) is 0 Å². The van der Waals surface area contributed by atoms with Crippen molar-refractivity contribution in [3.05, 3.63) is 78.3 Å². The highest BCUT2D eigenvalue weighted by molar-refractivity contribution is 5.89. The lowest BCUT2D eigenvalue weighted by Crippen LogP contribution is -2.17. The Bertz CT molecular complexity index is 937. The van der Waals surface area contributed by atoms with Crippen molar-refractivity contribution in [2.24, 2.45) is 4.99 Å². The summed E-state index contributed by atoms with van der Waals surface area (Å²) in [7, 11) is 0. The predicted molar refractivity (Wildman–Crippen MR) is 105 cm³/mol. The molecule has 0 fully saturated rings. The van der Waals surface area contributed by atoms with E-state index in [0.717, 1.165) is 18.5 Å². The summed E-state index contributed by atoms with van der Waals surface area (Å²) in [6.07, 6.45) is 3.51. The van der Waals surface area contributed by atoms with E-state index in [1.807, 2.05) is 48.5 Å². The van der Waals surface area contributed by atoms with Crippen molar-refractivity contribution in [2.75, 3.05) is 11.9 Å². The van der Waals surface area contributed by atoms with Crippen molar-refractivity contribution in [3.8, 4) is 11.6 Å². The first-order valence-corrected chi connectivity index (χ1v) is 8.94. The number of para-hydroxylation sites is 2. The number of nitrogens with zero attached hydrogens (tertiary/aromatic N) is 3. The Morgan fingerprint density at radius 1 is 1.11 bits per heavy atom. The number of ether oxygens (including phenoxy) is 1. The van der Waals surface area contributed by atoms with Gasteiger partial charge in [-0.1, -0.05) is 49.7 Å². The third-order valence-corrected chi connectivity index (χ3v) is 3.79. The fraction of sp³-hybridized carbons (Fsp3) is 0.190. The number of anilines is 1. The van der Waals surface area contributed by atoms with Gasteiger partial charge in [0, 0.05) is 11.8 Å². The molecular weight excluding hydrogens is 340 g/mol. The van der Waals surface area contributed by atoms with Gasteiger partial charge >= 0.3 is 6.03 Å². The number of nitrogens with one attached hydrogen (secondary N) is 1. The zero-order chi connectivity index (χ0) is 18.9. The summed E-state index contributed by atoms with van der Waals surface area (Å²) in [5, 5.41) is 7.57. The van der Waals surface area contributed by atoms with Crippen LogP contribution in [0, 0.1) is 0 Å². The van der Waals surface area contributed by atoms with E-state index < -0.39 is 6.03 Å². The Labute approximate surface area is 158 Å². The van der Waals surface area contributed by atoms with Crippen LogP contribution in [0.3, 0.4) is 0 Å². The maximum Gasteiger partial charge on any atom is 0.345 e. The van der Waals surface area contributed by atoms with Crippen molar-refractivity contribution in [1.29, 1.82) is 0 Å². The van der Waals surface area contributed by atoms with E-state index in [1.54, 1.807) is 29.1 Å². The van der Waals surface area contributed by atoms with Gasteiger partial charge in [-0.15, -0.1) is 0 Å². The van der Waals surface area contributed by atoms with Crippen molar-refractivity contribution in [3.63, 3.8) is 0 Å². The van der Waals surface area contributed by atoms with Gasteiger partial charge < -0.3 is 10.1 Å². The van der Waals surface area contributed by atoms with Crippen LogP contribution in [-0.2, 0) is 0 Å². The Morgan fingerprint density at radius 3 is 2.52 bits per heavy atom. The maximum atomic E-state index is 12.2. The Hall–Kier alpha value is -3.41. The first kappa shape index (κ1) is 18.4. The molecule has 0 radical (unpaired) electrons. The summed E-state index contributed by atoms with van der Waals surface area (Å²) in [6.45, 7) is 2.68. The molecule has 6 heteroatoms. The average molecular weight is 362 g/mol. The molecule has 1 heterocycles. The molecule has 0 aliphatic heterocycles. The number of hydrogen-bond acceptors (Lipinski definition) is 3. The predicted octanol–water partition coefficient (Wildman–Crippen LogP) is 4.18. The summed E-state index contributed by atoms with van der Waals surface area (Å²) in [4.78, 5) is 16.2. The molecule has 0 aliphatic rings. The van der Waals surface area contributed by atoms with E-state index in [2.05, 4.69) is 22.3 Å². The van der Waals surface area contributed by atoms with Crippen LogP contribution < -0.4 is 15.4 Å². The van der Waals surface area contributed by atoms with Crippen LogP contribution in [0.2, 0.25) is 0 Å². The summed E-state index contributed by atoms with van der Waals surface area (Å²) < 4.78 is 7.58. The number of hydrogen-bond donors (Lipinski definition) is 1. The van der Waals surface area contributed by atoms with E-state index in [0.29, 0.717) is 23.5 Å². The number of benzene rings is 2. The Kier molecular flexibility index (Phi) is 6.35. The van der Waals surface area contributed by atoms with Gasteiger partial charge in [-0.05, 0) is 30.7 Å². The Balaban J connectivity index is 1.87. The van der Waals surface area contributed by atoms with Gasteiger partial charge in [0.1, 0.15) is 0 Å². The molecule has 0 unspecified atom stereocenters. The normalized spacial score (nSPS) is 11.2. The first-order chi connectivity index (χ1) is 13.3. The summed E-state index contributed by atoms with van der Waals surface area (Å²) >= 11 is 0. The van der Waals surface area contributed by atoms with Crippen LogP contribution in [0.1, 0.15) is 19.8 Å². The molecule has 0 spiro atoms. The number of urea groups is 1. The van der Waals surface area contributed by atoms with Gasteiger partial charge in [0.05, 0.1) is 23.8 Å². The molecule has 0 saturated heterocycles. The van der Waals surface area contributed by atoms with Crippen LogP contribution in [0.5, 0.6) is 5.88 Å². The highest BCUT2D eigenvalue weighted by atomic mass is 16.5. The molecule has 138 valence electrons. The van der Waals surface area contributed by atoms with Gasteiger partial charge in [-0.2, -0.15) is 10.1 Å². The summed E-state index contributed by atoms with van der Waals surface area (Å²) in [5.74, 6) is 0.545. The molecule has 1 aromatic heterocycles. The molecule has 2 aromatic carbocycles. The number of carbonyl (C=O) groups excluding carboxylic acids is 1. The second kappa shape index (κ2) is 9.33. The highest BCUT2D eigenvalue weighted by Gasteiger charge is 2.06. The maximum absolute atomic E-state index is 12.2.